The smallest absolute Gasteiger partial charge is 0.193 e. The van der Waals surface area contributed by atoms with Crippen molar-refractivity contribution in [1.82, 2.24) is 10.2 Å². The zero-order chi connectivity index (χ0) is 16.4. The second-order valence-electron chi connectivity index (χ2n) is 7.19. The van der Waals surface area contributed by atoms with Gasteiger partial charge in [-0.2, -0.15) is 0 Å². The normalized spacial score (nSPS) is 27.5. The summed E-state index contributed by atoms with van der Waals surface area (Å²) in [6.07, 6.45) is 4.94. The van der Waals surface area contributed by atoms with Crippen LogP contribution in [-0.2, 0) is 9.84 Å². The lowest BCUT2D eigenvalue weighted by atomic mass is 9.85. The van der Waals surface area contributed by atoms with Gasteiger partial charge in [-0.15, -0.1) is 0 Å². The summed E-state index contributed by atoms with van der Waals surface area (Å²) >= 11 is 0. The van der Waals surface area contributed by atoms with Gasteiger partial charge in [-0.05, 0) is 26.7 Å². The van der Waals surface area contributed by atoms with Gasteiger partial charge in [0.2, 0.25) is 0 Å². The van der Waals surface area contributed by atoms with E-state index in [9.17, 15) is 13.5 Å². The van der Waals surface area contributed by atoms with Gasteiger partial charge in [0, 0.05) is 26.7 Å². The minimum absolute atomic E-state index is 0.144. The zero-order valence-corrected chi connectivity index (χ0v) is 14.7. The van der Waals surface area contributed by atoms with Crippen LogP contribution in [0.5, 0.6) is 0 Å². The predicted molar refractivity (Wildman–Crippen MR) is 88.8 cm³/mol. The van der Waals surface area contributed by atoms with Crippen LogP contribution in [0.4, 0.5) is 0 Å². The fourth-order valence-corrected chi connectivity index (χ4v) is 4.65. The molecule has 0 aromatic rings. The minimum Gasteiger partial charge on any atom is -0.388 e. The summed E-state index contributed by atoms with van der Waals surface area (Å²) in [7, 11) is -1.36. The van der Waals surface area contributed by atoms with E-state index in [0.717, 1.165) is 25.7 Å². The van der Waals surface area contributed by atoms with Gasteiger partial charge < -0.3 is 15.3 Å². The molecule has 2 N–H and O–H groups in total. The van der Waals surface area contributed by atoms with E-state index >= 15 is 0 Å². The lowest BCUT2D eigenvalue weighted by molar-refractivity contribution is 0.00810. The lowest BCUT2D eigenvalue weighted by Gasteiger charge is -2.40. The predicted octanol–water partition coefficient (Wildman–Crippen LogP) is 0.766. The second kappa shape index (κ2) is 6.35. The molecular weight excluding hydrogens is 302 g/mol. The Hall–Kier alpha value is -0.820. The topological polar surface area (TPSA) is 82.0 Å². The molecular formula is C15H29N3O3S. The third-order valence-corrected chi connectivity index (χ3v) is 7.45. The van der Waals surface area contributed by atoms with E-state index in [1.54, 1.807) is 20.9 Å². The molecule has 0 radical (unpaired) electrons. The van der Waals surface area contributed by atoms with E-state index in [4.69, 9.17) is 0 Å². The van der Waals surface area contributed by atoms with Crippen molar-refractivity contribution in [2.45, 2.75) is 56.3 Å². The summed E-state index contributed by atoms with van der Waals surface area (Å²) in [6, 6.07) is 0. The molecule has 22 heavy (non-hydrogen) atoms. The van der Waals surface area contributed by atoms with Crippen molar-refractivity contribution >= 4 is 15.8 Å². The van der Waals surface area contributed by atoms with Crippen LogP contribution in [0.2, 0.25) is 0 Å². The highest BCUT2D eigenvalue weighted by molar-refractivity contribution is 7.92. The van der Waals surface area contributed by atoms with E-state index in [1.165, 1.54) is 6.42 Å². The molecule has 1 saturated heterocycles. The molecule has 2 rings (SSSR count). The van der Waals surface area contributed by atoms with Crippen LogP contribution in [0, 0.1) is 0 Å². The van der Waals surface area contributed by atoms with Gasteiger partial charge in [0.05, 0.1) is 16.1 Å². The van der Waals surface area contributed by atoms with Crippen molar-refractivity contribution in [3.63, 3.8) is 0 Å². The van der Waals surface area contributed by atoms with E-state index < -0.39 is 20.2 Å². The third kappa shape index (κ3) is 3.74. The Morgan fingerprint density at radius 3 is 2.45 bits per heavy atom. The van der Waals surface area contributed by atoms with Crippen molar-refractivity contribution in [3.8, 4) is 0 Å². The van der Waals surface area contributed by atoms with Crippen LogP contribution in [0.25, 0.3) is 0 Å². The maximum atomic E-state index is 12.1. The summed E-state index contributed by atoms with van der Waals surface area (Å²) in [5.74, 6) is 0.826. The Balaban J connectivity index is 1.98. The van der Waals surface area contributed by atoms with E-state index in [2.05, 4.69) is 10.3 Å². The third-order valence-electron chi connectivity index (χ3n) is 4.91. The summed E-state index contributed by atoms with van der Waals surface area (Å²) in [5.41, 5.74) is -0.661. The number of nitrogens with one attached hydrogen (secondary N) is 1. The Morgan fingerprint density at radius 2 is 1.91 bits per heavy atom. The van der Waals surface area contributed by atoms with E-state index in [0.29, 0.717) is 25.6 Å². The molecule has 128 valence electrons. The van der Waals surface area contributed by atoms with Crippen molar-refractivity contribution in [2.75, 3.05) is 32.4 Å². The Labute approximate surface area is 133 Å². The molecule has 0 aromatic heterocycles. The molecule has 0 amide bonds. The number of aliphatic imine (C=N–C) groups is 1. The minimum atomic E-state index is -3.06. The van der Waals surface area contributed by atoms with Crippen LogP contribution < -0.4 is 5.32 Å². The molecule has 0 aromatic carbocycles. The van der Waals surface area contributed by atoms with Crippen molar-refractivity contribution in [1.29, 1.82) is 0 Å². The molecule has 6 nitrogen and oxygen atoms in total. The maximum absolute atomic E-state index is 12.1. The summed E-state index contributed by atoms with van der Waals surface area (Å²) < 4.78 is 23.4. The van der Waals surface area contributed by atoms with Gasteiger partial charge in [-0.25, -0.2) is 8.42 Å². The Kier molecular flexibility index (Phi) is 5.06. The highest BCUT2D eigenvalue weighted by Gasteiger charge is 2.41. The Bertz CT molecular complexity index is 522. The van der Waals surface area contributed by atoms with Crippen LogP contribution in [0.1, 0.15) is 46.0 Å². The monoisotopic (exact) mass is 331 g/mol. The van der Waals surface area contributed by atoms with Crippen LogP contribution >= 0.6 is 0 Å². The number of aliphatic hydroxyl groups is 1. The van der Waals surface area contributed by atoms with Crippen molar-refractivity contribution in [3.05, 3.63) is 0 Å². The number of nitrogens with zero attached hydrogens (tertiary/aromatic N) is 2. The molecule has 0 bridgehead atoms. The molecule has 2 fully saturated rings. The van der Waals surface area contributed by atoms with Gasteiger partial charge in [-0.1, -0.05) is 19.3 Å². The van der Waals surface area contributed by atoms with E-state index in [1.807, 2.05) is 4.90 Å². The van der Waals surface area contributed by atoms with Gasteiger partial charge in [0.25, 0.3) is 0 Å². The van der Waals surface area contributed by atoms with Crippen LogP contribution in [0.3, 0.4) is 0 Å². The average molecular weight is 331 g/mol. The number of sulfone groups is 1. The summed E-state index contributed by atoms with van der Waals surface area (Å²) in [6.45, 7) is 4.87. The molecule has 2 aliphatic rings. The quantitative estimate of drug-likeness (QED) is 0.577. The summed E-state index contributed by atoms with van der Waals surface area (Å²) in [4.78, 5) is 6.25. The highest BCUT2D eigenvalue weighted by Crippen LogP contribution is 2.28. The zero-order valence-electron chi connectivity index (χ0n) is 13.9. The van der Waals surface area contributed by atoms with Crippen LogP contribution in [0.15, 0.2) is 4.99 Å². The standard InChI is InChI=1S/C15H29N3O3S/c1-14(2)12-18(9-10-22(14,20)21)13(16-3)17-11-15(19)7-5-4-6-8-15/h19H,4-12H2,1-3H3,(H,16,17). The first-order valence-corrected chi connectivity index (χ1v) is 9.75. The number of hydrogen-bond donors (Lipinski definition) is 2. The number of hydrogen-bond acceptors (Lipinski definition) is 4. The molecule has 0 spiro atoms. The highest BCUT2D eigenvalue weighted by atomic mass is 32.2. The molecule has 1 saturated carbocycles. The van der Waals surface area contributed by atoms with Gasteiger partial charge in [0.15, 0.2) is 15.8 Å². The molecule has 0 unspecified atom stereocenters. The number of rotatable bonds is 2. The SMILES string of the molecule is CN=C(NCC1(O)CCCCC1)N1CCS(=O)(=O)C(C)(C)C1. The lowest BCUT2D eigenvalue weighted by Crippen LogP contribution is -2.58. The molecule has 7 heteroatoms. The van der Waals surface area contributed by atoms with Gasteiger partial charge in [-0.3, -0.25) is 4.99 Å². The van der Waals surface area contributed by atoms with Crippen molar-refractivity contribution < 1.29 is 13.5 Å². The Morgan fingerprint density at radius 1 is 1.27 bits per heavy atom. The molecule has 0 atom stereocenters. The first kappa shape index (κ1) is 17.5. The first-order valence-electron chi connectivity index (χ1n) is 8.09. The van der Waals surface area contributed by atoms with E-state index in [-0.39, 0.29) is 5.75 Å². The average Bonchev–Trinajstić information content (AvgIpc) is 2.44. The van der Waals surface area contributed by atoms with Crippen molar-refractivity contribution in [2.24, 2.45) is 4.99 Å². The fourth-order valence-electron chi connectivity index (χ4n) is 3.29. The van der Waals surface area contributed by atoms with Gasteiger partial charge in [0.1, 0.15) is 0 Å². The fraction of sp³-hybridized carbons (Fsp3) is 0.933. The number of guanidine groups is 1. The van der Waals surface area contributed by atoms with Crippen LogP contribution in [-0.4, -0.2) is 67.2 Å². The second-order valence-corrected chi connectivity index (χ2v) is 9.93. The molecule has 1 aliphatic carbocycles. The molecule has 1 heterocycles. The molecule has 1 aliphatic heterocycles. The first-order chi connectivity index (χ1) is 10.2. The maximum Gasteiger partial charge on any atom is 0.193 e. The summed E-state index contributed by atoms with van der Waals surface area (Å²) in [5, 5.41) is 13.8. The largest absolute Gasteiger partial charge is 0.388 e. The van der Waals surface area contributed by atoms with Gasteiger partial charge >= 0.3 is 0 Å².